The Morgan fingerprint density at radius 1 is 1.44 bits per heavy atom. The van der Waals surface area contributed by atoms with Crippen molar-refractivity contribution in [3.63, 3.8) is 0 Å². The molecule has 0 unspecified atom stereocenters. The minimum atomic E-state index is 0.528. The number of rotatable bonds is 2. The van der Waals surface area contributed by atoms with Gasteiger partial charge in [0.1, 0.15) is 0 Å². The first-order valence-corrected chi connectivity index (χ1v) is 7.03. The summed E-state index contributed by atoms with van der Waals surface area (Å²) in [5.74, 6) is 0. The molecule has 0 aliphatic rings. The van der Waals surface area contributed by atoms with Gasteiger partial charge in [-0.15, -0.1) is 11.8 Å². The van der Waals surface area contributed by atoms with Gasteiger partial charge in [-0.1, -0.05) is 6.07 Å². The van der Waals surface area contributed by atoms with Crippen LogP contribution in [-0.2, 0) is 27.7 Å². The summed E-state index contributed by atoms with van der Waals surface area (Å²) in [6.07, 6.45) is 3.60. The Hall–Kier alpha value is -0.131. The fourth-order valence-corrected chi connectivity index (χ4v) is 0.948. The van der Waals surface area contributed by atoms with Gasteiger partial charge < -0.3 is 12.6 Å². The second-order valence-corrected chi connectivity index (χ2v) is 3.91. The van der Waals surface area contributed by atoms with Crippen molar-refractivity contribution in [1.82, 2.24) is 4.98 Å². The van der Waals surface area contributed by atoms with E-state index in [0.29, 0.717) is 4.38 Å². The zero-order valence-electron chi connectivity index (χ0n) is 8.65. The summed E-state index contributed by atoms with van der Waals surface area (Å²) < 4.78 is 0.528. The van der Waals surface area contributed by atoms with Crippen LogP contribution in [0.3, 0.4) is 0 Å². The summed E-state index contributed by atoms with van der Waals surface area (Å²) in [5, 5.41) is 7.84. The van der Waals surface area contributed by atoms with Crippen molar-refractivity contribution in [2.75, 3.05) is 6.26 Å². The zero-order valence-corrected chi connectivity index (χ0v) is 12.0. The Morgan fingerprint density at radius 3 is 2.62 bits per heavy atom. The van der Waals surface area contributed by atoms with Gasteiger partial charge in [-0.3, -0.25) is 4.98 Å². The molecule has 91 valence electrons. The van der Waals surface area contributed by atoms with Crippen molar-refractivity contribution in [2.45, 2.75) is 6.92 Å². The number of halogens is 1. The molecule has 1 heterocycles. The van der Waals surface area contributed by atoms with Crippen molar-refractivity contribution >= 4 is 44.6 Å². The molecule has 0 bridgehead atoms. The fourth-order valence-electron chi connectivity index (χ4n) is 0.785. The van der Waals surface area contributed by atoms with Gasteiger partial charge in [0.25, 0.3) is 0 Å². The summed E-state index contributed by atoms with van der Waals surface area (Å²) in [5.41, 5.74) is 1.59. The topological polar surface area (TPSA) is 37.6 Å². The Balaban J connectivity index is 0.00000106. The van der Waals surface area contributed by atoms with Crippen LogP contribution in [0.2, 0.25) is 0 Å². The van der Waals surface area contributed by atoms with Crippen LogP contribution in [0.15, 0.2) is 34.6 Å². The molecule has 0 aliphatic carbocycles. The molecule has 0 amide bonds. The number of aromatic nitrogens is 1. The summed E-state index contributed by atoms with van der Waals surface area (Å²) in [4.78, 5) is 4.14. The monoisotopic (exact) mass is 322 g/mol. The zero-order chi connectivity index (χ0) is 12.4. The van der Waals surface area contributed by atoms with E-state index in [1.165, 1.54) is 11.8 Å². The van der Waals surface area contributed by atoms with Crippen LogP contribution in [0.4, 0.5) is 0 Å². The first-order valence-electron chi connectivity index (χ1n) is 4.10. The van der Waals surface area contributed by atoms with E-state index in [1.54, 1.807) is 6.20 Å². The summed E-state index contributed by atoms with van der Waals surface area (Å²) in [6.45, 7) is 1.86. The van der Waals surface area contributed by atoms with E-state index < -0.39 is 0 Å². The van der Waals surface area contributed by atoms with Gasteiger partial charge in [0, 0.05) is 6.20 Å². The second kappa shape index (κ2) is 10.1. The van der Waals surface area contributed by atoms with Gasteiger partial charge in [0.15, 0.2) is 0 Å². The van der Waals surface area contributed by atoms with E-state index in [-0.39, 0.29) is 0 Å². The minimum absolute atomic E-state index is 0.528. The van der Waals surface area contributed by atoms with Gasteiger partial charge in [0.05, 0.1) is 11.4 Å². The van der Waals surface area contributed by atoms with Gasteiger partial charge in [-0.25, -0.2) is 0 Å². The molecule has 0 atom stereocenters. The van der Waals surface area contributed by atoms with Crippen LogP contribution in [0, 0.1) is 0 Å². The molecule has 0 fully saturated rings. The quantitative estimate of drug-likeness (QED) is 0.276. The second-order valence-electron chi connectivity index (χ2n) is 2.47. The number of pyridine rings is 1. The van der Waals surface area contributed by atoms with Crippen molar-refractivity contribution < 1.29 is 15.1 Å². The summed E-state index contributed by atoms with van der Waals surface area (Å²) >= 11 is 9.95. The number of hydrogen-bond acceptors (Lipinski definition) is 5. The summed E-state index contributed by atoms with van der Waals surface area (Å²) in [6, 6.07) is 5.66. The third-order valence-electron chi connectivity index (χ3n) is 1.49. The van der Waals surface area contributed by atoms with Crippen LogP contribution < -0.4 is 0 Å². The van der Waals surface area contributed by atoms with Gasteiger partial charge in [-0.2, -0.15) is 10.2 Å². The third-order valence-corrected chi connectivity index (χ3v) is 2.50. The average Bonchev–Trinajstić information content (AvgIpc) is 2.38. The molecule has 1 aromatic rings. The molecule has 1 aromatic heterocycles. The molecule has 16 heavy (non-hydrogen) atoms. The molecule has 1 rings (SSSR count). The molecule has 0 aromatic carbocycles. The van der Waals surface area contributed by atoms with Crippen LogP contribution in [0.1, 0.15) is 12.6 Å². The predicted molar refractivity (Wildman–Crippen MR) is 70.6 cm³/mol. The Morgan fingerprint density at radius 2 is 2.12 bits per heavy atom. The molecule has 0 saturated carbocycles. The van der Waals surface area contributed by atoms with Crippen molar-refractivity contribution in [3.05, 3.63) is 30.1 Å². The van der Waals surface area contributed by atoms with E-state index in [0.717, 1.165) is 11.4 Å². The van der Waals surface area contributed by atoms with E-state index in [1.807, 2.05) is 31.4 Å². The van der Waals surface area contributed by atoms with Gasteiger partial charge in [-0.05, 0) is 29.7 Å². The Labute approximate surface area is 118 Å². The molecule has 0 saturated heterocycles. The van der Waals surface area contributed by atoms with E-state index in [4.69, 9.17) is 12.6 Å². The van der Waals surface area contributed by atoms with Crippen molar-refractivity contribution in [2.24, 2.45) is 10.2 Å². The first-order chi connectivity index (χ1) is 7.74. The number of thioether (sulfide) groups is 1. The predicted octanol–water partition coefficient (Wildman–Crippen LogP) is 2.76. The van der Waals surface area contributed by atoms with Crippen LogP contribution in [0.25, 0.3) is 0 Å². The normalized spacial score (nSPS) is 11.8. The molecule has 0 aliphatic heterocycles. The van der Waals surface area contributed by atoms with Crippen LogP contribution >= 0.6 is 21.9 Å². The maximum atomic E-state index is 4.89. The Kier molecular flexibility index (Phi) is 9.97. The SMILES string of the molecule is CS/C([S-])=N/N=C(\C)c1ccccn1.[Cl][Cu+]. The van der Waals surface area contributed by atoms with E-state index >= 15 is 0 Å². The standard InChI is InChI=1S/C9H11N3S2.ClH.Cu/c1-7(11-12-9(13)14-2)8-5-3-4-6-10-8;;/h3-6H,1-2H3,(H,12,13);1H;/q;;+2/p-2/b11-7+;;. The van der Waals surface area contributed by atoms with Gasteiger partial charge >= 0.3 is 25.2 Å². The van der Waals surface area contributed by atoms with Crippen LogP contribution in [-0.4, -0.2) is 21.3 Å². The third kappa shape index (κ3) is 6.45. The summed E-state index contributed by atoms with van der Waals surface area (Å²) in [7, 11) is 4.20. The average molecular weight is 323 g/mol. The fraction of sp³-hybridized carbons (Fsp3) is 0.222. The van der Waals surface area contributed by atoms with Crippen LogP contribution in [0.5, 0.6) is 0 Å². The molecular weight excluding hydrogens is 313 g/mol. The number of nitrogens with zero attached hydrogens (tertiary/aromatic N) is 3. The first kappa shape index (κ1) is 15.9. The van der Waals surface area contributed by atoms with Gasteiger partial charge in [0.2, 0.25) is 0 Å². The van der Waals surface area contributed by atoms with Crippen molar-refractivity contribution in [1.29, 1.82) is 0 Å². The molecule has 3 nitrogen and oxygen atoms in total. The Bertz CT molecular complexity index is 357. The molecule has 0 spiro atoms. The number of hydrogen-bond donors (Lipinski definition) is 0. The molecular formula is C9H10ClCuN3S2. The molecule has 0 radical (unpaired) electrons. The van der Waals surface area contributed by atoms with E-state index in [9.17, 15) is 0 Å². The molecule has 7 heteroatoms. The van der Waals surface area contributed by atoms with Crippen molar-refractivity contribution in [3.8, 4) is 0 Å². The maximum absolute atomic E-state index is 4.89. The molecule has 0 N–H and O–H groups in total. The van der Waals surface area contributed by atoms with E-state index in [2.05, 4.69) is 40.4 Å².